The number of rotatable bonds is 2. The van der Waals surface area contributed by atoms with Crippen LogP contribution in [0.5, 0.6) is 0 Å². The van der Waals surface area contributed by atoms with Crippen LogP contribution in [0.25, 0.3) is 10.9 Å². The molecule has 2 aromatic rings. The van der Waals surface area contributed by atoms with Crippen LogP contribution >= 0.6 is 0 Å². The quantitative estimate of drug-likeness (QED) is 0.849. The van der Waals surface area contributed by atoms with Crippen LogP contribution in [0.1, 0.15) is 51.8 Å². The minimum Gasteiger partial charge on any atom is -0.389 e. The number of aryl methyl sites for hydroxylation is 1. The summed E-state index contributed by atoms with van der Waals surface area (Å²) >= 11 is 0. The maximum atomic E-state index is 9.91. The molecule has 1 N–H and O–H groups in total. The van der Waals surface area contributed by atoms with Gasteiger partial charge in [0.05, 0.1) is 6.10 Å². The molecule has 0 aliphatic carbocycles. The molecule has 2 nitrogen and oxygen atoms in total. The summed E-state index contributed by atoms with van der Waals surface area (Å²) in [5, 5.41) is 11.1. The highest BCUT2D eigenvalue weighted by molar-refractivity contribution is 5.85. The topological polar surface area (TPSA) is 25.2 Å². The third-order valence-corrected chi connectivity index (χ3v) is 3.57. The monoisotopic (exact) mass is 245 g/mol. The summed E-state index contributed by atoms with van der Waals surface area (Å²) in [4.78, 5) is 0. The van der Waals surface area contributed by atoms with E-state index in [1.165, 1.54) is 16.5 Å². The van der Waals surface area contributed by atoms with Gasteiger partial charge < -0.3 is 9.67 Å². The molecule has 1 aromatic carbocycles. The summed E-state index contributed by atoms with van der Waals surface area (Å²) < 4.78 is 2.20. The van der Waals surface area contributed by atoms with Crippen molar-refractivity contribution in [2.24, 2.45) is 0 Å². The maximum Gasteiger partial charge on any atom is 0.0782 e. The average Bonchev–Trinajstić information content (AvgIpc) is 2.65. The summed E-state index contributed by atoms with van der Waals surface area (Å²) in [5.74, 6) is 0. The number of aliphatic hydroxyl groups is 1. The Balaban J connectivity index is 2.71. The molecular formula is C16H23NO. The first-order valence-corrected chi connectivity index (χ1v) is 6.66. The van der Waals surface area contributed by atoms with E-state index in [0.717, 1.165) is 12.1 Å². The van der Waals surface area contributed by atoms with Gasteiger partial charge in [0.15, 0.2) is 0 Å². The molecule has 18 heavy (non-hydrogen) atoms. The van der Waals surface area contributed by atoms with E-state index >= 15 is 0 Å². The lowest BCUT2D eigenvalue weighted by atomic mass is 9.86. The summed E-state index contributed by atoms with van der Waals surface area (Å²) in [5.41, 5.74) is 3.68. The molecule has 0 bridgehead atoms. The Bertz CT molecular complexity index is 558. The average molecular weight is 245 g/mol. The van der Waals surface area contributed by atoms with Crippen molar-refractivity contribution >= 4 is 10.9 Å². The highest BCUT2D eigenvalue weighted by atomic mass is 16.3. The van der Waals surface area contributed by atoms with Gasteiger partial charge in [-0.15, -0.1) is 0 Å². The number of fused-ring (bicyclic) bond motifs is 1. The normalized spacial score (nSPS) is 14.1. The second-order valence-electron chi connectivity index (χ2n) is 6.03. The molecule has 0 fully saturated rings. The first-order valence-electron chi connectivity index (χ1n) is 6.66. The van der Waals surface area contributed by atoms with Gasteiger partial charge in [0.25, 0.3) is 0 Å². The third-order valence-electron chi connectivity index (χ3n) is 3.57. The smallest absolute Gasteiger partial charge is 0.0782 e. The highest BCUT2D eigenvalue weighted by Gasteiger charge is 2.17. The van der Waals surface area contributed by atoms with Gasteiger partial charge in [-0.05, 0) is 37.0 Å². The molecule has 1 atom stereocenters. The number of aromatic nitrogens is 1. The molecule has 1 aromatic heterocycles. The van der Waals surface area contributed by atoms with Gasteiger partial charge >= 0.3 is 0 Å². The lowest BCUT2D eigenvalue weighted by Crippen LogP contribution is -2.10. The first-order chi connectivity index (χ1) is 8.34. The molecular weight excluding hydrogens is 222 g/mol. The van der Waals surface area contributed by atoms with Crippen LogP contribution < -0.4 is 0 Å². The molecule has 1 heterocycles. The molecule has 2 heteroatoms. The van der Waals surface area contributed by atoms with E-state index in [2.05, 4.69) is 56.7 Å². The van der Waals surface area contributed by atoms with E-state index in [9.17, 15) is 5.11 Å². The minimum atomic E-state index is -0.421. The van der Waals surface area contributed by atoms with Crippen LogP contribution in [-0.2, 0) is 12.0 Å². The first kappa shape index (κ1) is 13.2. The Morgan fingerprint density at radius 3 is 2.44 bits per heavy atom. The van der Waals surface area contributed by atoms with Crippen LogP contribution in [0, 0.1) is 0 Å². The van der Waals surface area contributed by atoms with Crippen molar-refractivity contribution in [3.8, 4) is 0 Å². The van der Waals surface area contributed by atoms with Gasteiger partial charge in [0.1, 0.15) is 0 Å². The molecule has 98 valence electrons. The van der Waals surface area contributed by atoms with E-state index < -0.39 is 6.10 Å². The van der Waals surface area contributed by atoms with E-state index in [1.807, 2.05) is 6.92 Å². The van der Waals surface area contributed by atoms with Crippen molar-refractivity contribution in [1.82, 2.24) is 4.57 Å². The number of hydrogen-bond acceptors (Lipinski definition) is 1. The fraction of sp³-hybridized carbons (Fsp3) is 0.500. The molecule has 2 rings (SSSR count). The summed E-state index contributed by atoms with van der Waals surface area (Å²) in [7, 11) is 0. The van der Waals surface area contributed by atoms with Gasteiger partial charge in [0.2, 0.25) is 0 Å². The van der Waals surface area contributed by atoms with Gasteiger partial charge in [-0.3, -0.25) is 0 Å². The van der Waals surface area contributed by atoms with Crippen LogP contribution in [0.3, 0.4) is 0 Å². The molecule has 0 spiro atoms. The second-order valence-corrected chi connectivity index (χ2v) is 6.03. The number of benzene rings is 1. The second kappa shape index (κ2) is 4.43. The Hall–Kier alpha value is -1.28. The molecule has 0 saturated carbocycles. The third kappa shape index (κ3) is 2.17. The van der Waals surface area contributed by atoms with Crippen molar-refractivity contribution in [2.75, 3.05) is 0 Å². The fourth-order valence-electron chi connectivity index (χ4n) is 2.39. The van der Waals surface area contributed by atoms with E-state index in [1.54, 1.807) is 0 Å². The van der Waals surface area contributed by atoms with Crippen LogP contribution in [0.4, 0.5) is 0 Å². The molecule has 0 saturated heterocycles. The lowest BCUT2D eigenvalue weighted by Gasteiger charge is -2.19. The standard InChI is InChI=1S/C16H23NO/c1-6-17-10-14(11(2)18)13-9-12(16(3,4)5)7-8-15(13)17/h7-11,18H,6H2,1-5H3. The largest absolute Gasteiger partial charge is 0.389 e. The molecule has 1 unspecified atom stereocenters. The van der Waals surface area contributed by atoms with E-state index in [4.69, 9.17) is 0 Å². The molecule has 0 aliphatic rings. The zero-order valence-electron chi connectivity index (χ0n) is 12.0. The van der Waals surface area contributed by atoms with Crippen molar-refractivity contribution in [2.45, 2.75) is 52.7 Å². The number of hydrogen-bond donors (Lipinski definition) is 1. The van der Waals surface area contributed by atoms with Crippen molar-refractivity contribution in [3.63, 3.8) is 0 Å². The van der Waals surface area contributed by atoms with E-state index in [0.29, 0.717) is 0 Å². The SMILES string of the molecule is CCn1cc(C(C)O)c2cc(C(C)(C)C)ccc21. The Kier molecular flexibility index (Phi) is 3.24. The predicted molar refractivity (Wildman–Crippen MR) is 76.9 cm³/mol. The number of nitrogens with zero attached hydrogens (tertiary/aromatic N) is 1. The van der Waals surface area contributed by atoms with Crippen LogP contribution in [-0.4, -0.2) is 9.67 Å². The fourth-order valence-corrected chi connectivity index (χ4v) is 2.39. The van der Waals surface area contributed by atoms with Gasteiger partial charge in [0, 0.05) is 29.2 Å². The zero-order chi connectivity index (χ0) is 13.5. The minimum absolute atomic E-state index is 0.137. The predicted octanol–water partition coefficient (Wildman–Crippen LogP) is 4.01. The van der Waals surface area contributed by atoms with Gasteiger partial charge in [-0.1, -0.05) is 26.8 Å². The Labute approximate surface area is 109 Å². The van der Waals surface area contributed by atoms with Crippen LogP contribution in [0.2, 0.25) is 0 Å². The highest BCUT2D eigenvalue weighted by Crippen LogP contribution is 2.31. The summed E-state index contributed by atoms with van der Waals surface area (Å²) in [6.07, 6.45) is 1.65. The zero-order valence-corrected chi connectivity index (χ0v) is 12.0. The Morgan fingerprint density at radius 1 is 1.28 bits per heavy atom. The maximum absolute atomic E-state index is 9.91. The van der Waals surface area contributed by atoms with Crippen molar-refractivity contribution in [1.29, 1.82) is 0 Å². The van der Waals surface area contributed by atoms with E-state index in [-0.39, 0.29) is 5.41 Å². The lowest BCUT2D eigenvalue weighted by molar-refractivity contribution is 0.200. The number of aliphatic hydroxyl groups excluding tert-OH is 1. The Morgan fingerprint density at radius 2 is 1.94 bits per heavy atom. The van der Waals surface area contributed by atoms with Gasteiger partial charge in [-0.25, -0.2) is 0 Å². The van der Waals surface area contributed by atoms with Crippen molar-refractivity contribution in [3.05, 3.63) is 35.5 Å². The van der Waals surface area contributed by atoms with Crippen LogP contribution in [0.15, 0.2) is 24.4 Å². The summed E-state index contributed by atoms with van der Waals surface area (Å²) in [6, 6.07) is 6.59. The molecule has 0 amide bonds. The molecule has 0 aliphatic heterocycles. The summed E-state index contributed by atoms with van der Waals surface area (Å²) in [6.45, 7) is 11.5. The van der Waals surface area contributed by atoms with Gasteiger partial charge in [-0.2, -0.15) is 0 Å². The van der Waals surface area contributed by atoms with Crippen molar-refractivity contribution < 1.29 is 5.11 Å². The molecule has 0 radical (unpaired) electrons.